The quantitative estimate of drug-likeness (QED) is 0.751. The van der Waals surface area contributed by atoms with Gasteiger partial charge in [-0.1, -0.05) is 25.5 Å². The summed E-state index contributed by atoms with van der Waals surface area (Å²) in [5.41, 5.74) is 7.34. The Morgan fingerprint density at radius 3 is 2.42 bits per heavy atom. The fourth-order valence-electron chi connectivity index (χ4n) is 1.89. The summed E-state index contributed by atoms with van der Waals surface area (Å²) in [4.78, 5) is 12.3. The predicted molar refractivity (Wildman–Crippen MR) is 91.0 cm³/mol. The van der Waals surface area contributed by atoms with Crippen molar-refractivity contribution in [2.45, 2.75) is 39.2 Å². The third-order valence-electron chi connectivity index (χ3n) is 3.49. The van der Waals surface area contributed by atoms with Gasteiger partial charge < -0.3 is 11.1 Å². The first-order valence-corrected chi connectivity index (χ1v) is 7.34. The summed E-state index contributed by atoms with van der Waals surface area (Å²) >= 11 is 2.19. The Kier molecular flexibility index (Phi) is 7.93. The SMILES string of the molecule is CCC(CC)(CN)NC(=O)c1cc(C)ccc1I.Cl. The number of halogens is 2. The van der Waals surface area contributed by atoms with Crippen molar-refractivity contribution in [3.63, 3.8) is 0 Å². The van der Waals surface area contributed by atoms with E-state index >= 15 is 0 Å². The lowest BCUT2D eigenvalue weighted by atomic mass is 9.92. The number of amides is 1. The maximum absolute atomic E-state index is 12.3. The molecule has 1 aromatic carbocycles. The summed E-state index contributed by atoms with van der Waals surface area (Å²) in [7, 11) is 0. The van der Waals surface area contributed by atoms with Crippen molar-refractivity contribution in [2.24, 2.45) is 5.73 Å². The largest absolute Gasteiger partial charge is 0.345 e. The van der Waals surface area contributed by atoms with Gasteiger partial charge in [0.1, 0.15) is 0 Å². The van der Waals surface area contributed by atoms with Crippen molar-refractivity contribution in [3.8, 4) is 0 Å². The van der Waals surface area contributed by atoms with Crippen LogP contribution >= 0.6 is 35.0 Å². The van der Waals surface area contributed by atoms with Gasteiger partial charge in [-0.3, -0.25) is 4.79 Å². The zero-order valence-electron chi connectivity index (χ0n) is 11.6. The van der Waals surface area contributed by atoms with Crippen LogP contribution in [0.3, 0.4) is 0 Å². The van der Waals surface area contributed by atoms with Crippen LogP contribution in [-0.2, 0) is 0 Å². The number of benzene rings is 1. The van der Waals surface area contributed by atoms with Crippen molar-refractivity contribution in [1.29, 1.82) is 0 Å². The number of nitrogens with two attached hydrogens (primary N) is 1. The average molecular weight is 397 g/mol. The minimum Gasteiger partial charge on any atom is -0.345 e. The molecule has 0 aliphatic rings. The van der Waals surface area contributed by atoms with Gasteiger partial charge in [-0.25, -0.2) is 0 Å². The standard InChI is InChI=1S/C14H21IN2O.ClH/c1-4-14(5-2,9-16)17-13(18)11-8-10(3)6-7-12(11)15;/h6-8H,4-5,9,16H2,1-3H3,(H,17,18);1H. The molecule has 0 aromatic heterocycles. The van der Waals surface area contributed by atoms with Gasteiger partial charge in [0.05, 0.1) is 11.1 Å². The Morgan fingerprint density at radius 1 is 1.37 bits per heavy atom. The van der Waals surface area contributed by atoms with Crippen LogP contribution in [0.1, 0.15) is 42.6 Å². The molecule has 0 atom stereocenters. The second-order valence-electron chi connectivity index (χ2n) is 4.63. The van der Waals surface area contributed by atoms with Gasteiger partial charge in [-0.05, 0) is 54.5 Å². The van der Waals surface area contributed by atoms with Crippen LogP contribution in [0.4, 0.5) is 0 Å². The molecule has 3 nitrogen and oxygen atoms in total. The van der Waals surface area contributed by atoms with Gasteiger partial charge in [0.2, 0.25) is 0 Å². The Morgan fingerprint density at radius 2 is 1.95 bits per heavy atom. The molecule has 0 fully saturated rings. The van der Waals surface area contributed by atoms with Gasteiger partial charge >= 0.3 is 0 Å². The molecule has 0 aliphatic heterocycles. The molecule has 0 saturated carbocycles. The number of carbonyl (C=O) groups is 1. The van der Waals surface area contributed by atoms with Crippen molar-refractivity contribution < 1.29 is 4.79 Å². The molecule has 0 bridgehead atoms. The molecule has 108 valence electrons. The lowest BCUT2D eigenvalue weighted by molar-refractivity contribution is 0.0894. The summed E-state index contributed by atoms with van der Waals surface area (Å²) < 4.78 is 0.967. The number of hydrogen-bond donors (Lipinski definition) is 2. The number of rotatable bonds is 5. The lowest BCUT2D eigenvalue weighted by Crippen LogP contribution is -2.53. The van der Waals surface area contributed by atoms with Crippen LogP contribution in [0, 0.1) is 10.5 Å². The first kappa shape index (κ1) is 18.7. The van der Waals surface area contributed by atoms with E-state index in [0.717, 1.165) is 27.5 Å². The molecular weight excluding hydrogens is 375 g/mol. The van der Waals surface area contributed by atoms with Crippen LogP contribution in [-0.4, -0.2) is 18.0 Å². The second-order valence-corrected chi connectivity index (χ2v) is 5.79. The average Bonchev–Trinajstić information content (AvgIpc) is 2.38. The third-order valence-corrected chi connectivity index (χ3v) is 4.43. The van der Waals surface area contributed by atoms with Crippen molar-refractivity contribution >= 4 is 40.9 Å². The number of hydrogen-bond acceptors (Lipinski definition) is 2. The summed E-state index contributed by atoms with van der Waals surface area (Å²) in [6, 6.07) is 5.89. The number of aryl methyl sites for hydroxylation is 1. The Balaban J connectivity index is 0.00000324. The fraction of sp³-hybridized carbons (Fsp3) is 0.500. The van der Waals surface area contributed by atoms with E-state index in [2.05, 4.69) is 41.8 Å². The summed E-state index contributed by atoms with van der Waals surface area (Å²) in [5.74, 6) is -0.0303. The Bertz CT molecular complexity index is 425. The van der Waals surface area contributed by atoms with Crippen LogP contribution in [0.2, 0.25) is 0 Å². The normalized spacial score (nSPS) is 10.8. The molecule has 0 unspecified atom stereocenters. The van der Waals surface area contributed by atoms with E-state index in [-0.39, 0.29) is 23.9 Å². The third kappa shape index (κ3) is 4.61. The molecule has 0 aliphatic carbocycles. The maximum Gasteiger partial charge on any atom is 0.252 e. The first-order valence-electron chi connectivity index (χ1n) is 6.26. The van der Waals surface area contributed by atoms with E-state index in [1.54, 1.807) is 0 Å². The van der Waals surface area contributed by atoms with Gasteiger partial charge in [0, 0.05) is 10.1 Å². The molecule has 1 rings (SSSR count). The lowest BCUT2D eigenvalue weighted by Gasteiger charge is -2.31. The van der Waals surface area contributed by atoms with Crippen molar-refractivity contribution in [3.05, 3.63) is 32.9 Å². The highest BCUT2D eigenvalue weighted by molar-refractivity contribution is 14.1. The van der Waals surface area contributed by atoms with Crippen LogP contribution in [0.5, 0.6) is 0 Å². The molecule has 0 spiro atoms. The van der Waals surface area contributed by atoms with E-state index in [9.17, 15) is 4.79 Å². The molecule has 19 heavy (non-hydrogen) atoms. The molecule has 1 amide bonds. The second kappa shape index (κ2) is 8.07. The number of nitrogens with one attached hydrogen (secondary N) is 1. The molecule has 5 heteroatoms. The summed E-state index contributed by atoms with van der Waals surface area (Å²) in [6.07, 6.45) is 1.68. The summed E-state index contributed by atoms with van der Waals surface area (Å²) in [5, 5.41) is 3.10. The van der Waals surface area contributed by atoms with Crippen LogP contribution in [0.25, 0.3) is 0 Å². The van der Waals surface area contributed by atoms with Gasteiger partial charge in [0.25, 0.3) is 5.91 Å². The van der Waals surface area contributed by atoms with E-state index in [0.29, 0.717) is 6.54 Å². The van der Waals surface area contributed by atoms with E-state index in [1.807, 2.05) is 25.1 Å². The van der Waals surface area contributed by atoms with Crippen molar-refractivity contribution in [2.75, 3.05) is 6.54 Å². The minimum absolute atomic E-state index is 0. The first-order chi connectivity index (χ1) is 8.48. The molecule has 0 heterocycles. The van der Waals surface area contributed by atoms with Gasteiger partial charge in [-0.2, -0.15) is 0 Å². The predicted octanol–water partition coefficient (Wildman–Crippen LogP) is 3.27. The van der Waals surface area contributed by atoms with E-state index in [1.165, 1.54) is 0 Å². The van der Waals surface area contributed by atoms with Gasteiger partial charge in [0.15, 0.2) is 0 Å². The van der Waals surface area contributed by atoms with E-state index < -0.39 is 0 Å². The van der Waals surface area contributed by atoms with Crippen molar-refractivity contribution in [1.82, 2.24) is 5.32 Å². The fourth-order valence-corrected chi connectivity index (χ4v) is 2.47. The van der Waals surface area contributed by atoms with Gasteiger partial charge in [-0.15, -0.1) is 12.4 Å². The minimum atomic E-state index is -0.288. The molecule has 1 aromatic rings. The van der Waals surface area contributed by atoms with E-state index in [4.69, 9.17) is 5.73 Å². The smallest absolute Gasteiger partial charge is 0.252 e. The Hall–Kier alpha value is -0.330. The number of carbonyl (C=O) groups excluding carboxylic acids is 1. The van der Waals surface area contributed by atoms with Crippen LogP contribution < -0.4 is 11.1 Å². The molecule has 3 N–H and O–H groups in total. The van der Waals surface area contributed by atoms with Crippen LogP contribution in [0.15, 0.2) is 18.2 Å². The maximum atomic E-state index is 12.3. The Labute approximate surface area is 135 Å². The molecular formula is C14H22ClIN2O. The highest BCUT2D eigenvalue weighted by atomic mass is 127. The highest BCUT2D eigenvalue weighted by Crippen LogP contribution is 2.18. The zero-order chi connectivity index (χ0) is 13.8. The zero-order valence-corrected chi connectivity index (χ0v) is 14.6. The highest BCUT2D eigenvalue weighted by Gasteiger charge is 2.27. The molecule has 0 saturated heterocycles. The summed E-state index contributed by atoms with van der Waals surface area (Å²) in [6.45, 7) is 6.56. The topological polar surface area (TPSA) is 55.1 Å². The monoisotopic (exact) mass is 396 g/mol. The molecule has 0 radical (unpaired) electrons.